The highest BCUT2D eigenvalue weighted by molar-refractivity contribution is 5.93. The number of carbonyl (C=O) groups excluding carboxylic acids is 1. The van der Waals surface area contributed by atoms with Crippen LogP contribution in [-0.2, 0) is 17.7 Å². The molecular formula is C26H23N3O6. The van der Waals surface area contributed by atoms with Gasteiger partial charge in [0.1, 0.15) is 5.56 Å². The van der Waals surface area contributed by atoms with Gasteiger partial charge in [-0.25, -0.2) is 9.59 Å². The average molecular weight is 473 g/mol. The molecule has 3 aromatic carbocycles. The lowest BCUT2D eigenvalue weighted by atomic mass is 9.98. The summed E-state index contributed by atoms with van der Waals surface area (Å²) in [5.41, 5.74) is 2.07. The first-order valence-electron chi connectivity index (χ1n) is 10.9. The summed E-state index contributed by atoms with van der Waals surface area (Å²) in [6, 6.07) is 21.0. The highest BCUT2D eigenvalue weighted by atomic mass is 16.6. The Labute approximate surface area is 202 Å². The van der Waals surface area contributed by atoms with Gasteiger partial charge >= 0.3 is 12.1 Å². The van der Waals surface area contributed by atoms with Crippen LogP contribution in [-0.4, -0.2) is 40.1 Å². The maximum absolute atomic E-state index is 12.6. The highest BCUT2D eigenvalue weighted by Gasteiger charge is 2.25. The number of carboxylic acids is 1. The van der Waals surface area contributed by atoms with E-state index >= 15 is 0 Å². The maximum Gasteiger partial charge on any atom is 0.410 e. The van der Waals surface area contributed by atoms with Crippen molar-refractivity contribution in [2.24, 2.45) is 0 Å². The lowest BCUT2D eigenvalue weighted by Gasteiger charge is -2.22. The highest BCUT2D eigenvalue weighted by Crippen LogP contribution is 2.26. The Hall–Kier alpha value is -4.71. The zero-order chi connectivity index (χ0) is 25.4. The number of ether oxygens (including phenoxy) is 1. The van der Waals surface area contributed by atoms with E-state index in [2.05, 4.69) is 6.07 Å². The number of amides is 1. The zero-order valence-corrected chi connectivity index (χ0v) is 19.0. The van der Waals surface area contributed by atoms with Crippen LogP contribution in [0.5, 0.6) is 0 Å². The second-order valence-corrected chi connectivity index (χ2v) is 7.60. The van der Waals surface area contributed by atoms with Gasteiger partial charge in [0.15, 0.2) is 0 Å². The van der Waals surface area contributed by atoms with Crippen molar-refractivity contribution in [3.8, 4) is 17.2 Å². The minimum absolute atomic E-state index is 0.0451. The smallest absolute Gasteiger partial charge is 0.410 e. The van der Waals surface area contributed by atoms with Crippen molar-refractivity contribution in [3.63, 3.8) is 0 Å². The van der Waals surface area contributed by atoms with Crippen LogP contribution >= 0.6 is 0 Å². The summed E-state index contributed by atoms with van der Waals surface area (Å²) in [7, 11) is 0. The van der Waals surface area contributed by atoms with E-state index in [0.29, 0.717) is 11.1 Å². The molecule has 1 amide bonds. The van der Waals surface area contributed by atoms with Crippen LogP contribution in [0.3, 0.4) is 0 Å². The summed E-state index contributed by atoms with van der Waals surface area (Å²) in [5, 5.41) is 30.5. The van der Waals surface area contributed by atoms with Crippen LogP contribution in [0.1, 0.15) is 34.0 Å². The van der Waals surface area contributed by atoms with Crippen LogP contribution in [0.4, 0.5) is 10.5 Å². The second kappa shape index (κ2) is 11.4. The van der Waals surface area contributed by atoms with Gasteiger partial charge in [0.2, 0.25) is 0 Å². The predicted octanol–water partition coefficient (Wildman–Crippen LogP) is 5.03. The number of nitro benzene ring substituents is 1. The van der Waals surface area contributed by atoms with Gasteiger partial charge in [-0.1, -0.05) is 54.6 Å². The standard InChI is InChI=1S/C26H23N3O6/c1-2-35-26(32)28(14-13-20-9-6-10-23(25(30)31)24(20)29(33)34)17-18-11-12-22(21(15-18)16-27)19-7-4-3-5-8-19/h3-12,15H,2,13-14,17H2,1H3,(H,30,31). The Balaban J connectivity index is 1.87. The molecule has 0 saturated carbocycles. The van der Waals surface area contributed by atoms with Crippen LogP contribution < -0.4 is 0 Å². The second-order valence-electron chi connectivity index (χ2n) is 7.60. The topological polar surface area (TPSA) is 134 Å². The molecule has 0 aliphatic rings. The number of nitriles is 1. The summed E-state index contributed by atoms with van der Waals surface area (Å²) in [6.07, 6.45) is -0.570. The van der Waals surface area contributed by atoms with Crippen molar-refractivity contribution in [1.29, 1.82) is 5.26 Å². The molecule has 3 aromatic rings. The van der Waals surface area contributed by atoms with Crippen molar-refractivity contribution < 1.29 is 24.4 Å². The lowest BCUT2D eigenvalue weighted by Crippen LogP contribution is -2.33. The molecule has 3 rings (SSSR count). The first-order valence-corrected chi connectivity index (χ1v) is 10.9. The van der Waals surface area contributed by atoms with Crippen LogP contribution in [0.2, 0.25) is 0 Å². The molecule has 1 N–H and O–H groups in total. The molecule has 178 valence electrons. The minimum Gasteiger partial charge on any atom is -0.477 e. The average Bonchev–Trinajstić information content (AvgIpc) is 2.86. The fourth-order valence-electron chi connectivity index (χ4n) is 3.76. The lowest BCUT2D eigenvalue weighted by molar-refractivity contribution is -0.385. The summed E-state index contributed by atoms with van der Waals surface area (Å²) in [5.74, 6) is -1.40. The SMILES string of the molecule is CCOC(=O)N(CCc1cccc(C(=O)O)c1[N+](=O)[O-])Cc1ccc(-c2ccccc2)c(C#N)c1. The van der Waals surface area contributed by atoms with Gasteiger partial charge < -0.3 is 14.7 Å². The Bertz CT molecular complexity index is 1280. The number of carbonyl (C=O) groups is 2. The van der Waals surface area contributed by atoms with Crippen molar-refractivity contribution in [2.75, 3.05) is 13.2 Å². The molecule has 0 aliphatic carbocycles. The predicted molar refractivity (Wildman–Crippen MR) is 128 cm³/mol. The molecule has 0 bridgehead atoms. The number of benzene rings is 3. The van der Waals surface area contributed by atoms with Crippen LogP contribution in [0, 0.1) is 21.4 Å². The molecule has 9 nitrogen and oxygen atoms in total. The van der Waals surface area contributed by atoms with Crippen molar-refractivity contribution in [2.45, 2.75) is 19.9 Å². The van der Waals surface area contributed by atoms with E-state index in [1.807, 2.05) is 42.5 Å². The molecule has 0 aliphatic heterocycles. The first-order chi connectivity index (χ1) is 16.8. The summed E-state index contributed by atoms with van der Waals surface area (Å²) < 4.78 is 5.15. The van der Waals surface area contributed by atoms with E-state index in [-0.39, 0.29) is 31.7 Å². The molecule has 0 saturated heterocycles. The summed E-state index contributed by atoms with van der Waals surface area (Å²) in [6.45, 7) is 1.96. The van der Waals surface area contributed by atoms with E-state index in [1.54, 1.807) is 13.0 Å². The number of carboxylic acid groups (broad SMARTS) is 1. The van der Waals surface area contributed by atoms with Gasteiger partial charge in [0, 0.05) is 18.7 Å². The number of para-hydroxylation sites is 1. The van der Waals surface area contributed by atoms with Gasteiger partial charge in [-0.2, -0.15) is 5.26 Å². The van der Waals surface area contributed by atoms with Crippen molar-refractivity contribution in [1.82, 2.24) is 4.90 Å². The van der Waals surface area contributed by atoms with Gasteiger partial charge in [0.05, 0.1) is 23.2 Å². The number of nitrogens with zero attached hydrogens (tertiary/aromatic N) is 3. The number of rotatable bonds is 9. The van der Waals surface area contributed by atoms with E-state index in [1.165, 1.54) is 23.1 Å². The monoisotopic (exact) mass is 473 g/mol. The summed E-state index contributed by atoms with van der Waals surface area (Å²) in [4.78, 5) is 36.2. The molecule has 0 unspecified atom stereocenters. The maximum atomic E-state index is 12.6. The normalized spacial score (nSPS) is 10.3. The van der Waals surface area contributed by atoms with Gasteiger partial charge in [-0.15, -0.1) is 0 Å². The minimum atomic E-state index is -1.40. The Kier molecular flexibility index (Phi) is 8.14. The molecule has 0 radical (unpaired) electrons. The third-order valence-electron chi connectivity index (χ3n) is 5.37. The molecular weight excluding hydrogens is 450 g/mol. The third-order valence-corrected chi connectivity index (χ3v) is 5.37. The fraction of sp³-hybridized carbons (Fsp3) is 0.192. The largest absolute Gasteiger partial charge is 0.477 e. The molecule has 35 heavy (non-hydrogen) atoms. The van der Waals surface area contributed by atoms with E-state index < -0.39 is 28.2 Å². The van der Waals surface area contributed by atoms with Gasteiger partial charge in [0.25, 0.3) is 5.69 Å². The fourth-order valence-corrected chi connectivity index (χ4v) is 3.76. The third kappa shape index (κ3) is 6.00. The molecule has 0 spiro atoms. The molecule has 0 heterocycles. The number of nitro groups is 1. The molecule has 0 fully saturated rings. The number of hydrogen-bond acceptors (Lipinski definition) is 6. The first kappa shape index (κ1) is 24.9. The van der Waals surface area contributed by atoms with Crippen molar-refractivity contribution >= 4 is 17.7 Å². The molecule has 0 aromatic heterocycles. The van der Waals surface area contributed by atoms with Gasteiger partial charge in [-0.3, -0.25) is 10.1 Å². The Morgan fingerprint density at radius 1 is 1.11 bits per heavy atom. The number of hydrogen-bond donors (Lipinski definition) is 1. The number of aromatic carboxylic acids is 1. The van der Waals surface area contributed by atoms with Crippen LogP contribution in [0.25, 0.3) is 11.1 Å². The van der Waals surface area contributed by atoms with E-state index in [4.69, 9.17) is 4.74 Å². The Morgan fingerprint density at radius 3 is 2.49 bits per heavy atom. The zero-order valence-electron chi connectivity index (χ0n) is 19.0. The van der Waals surface area contributed by atoms with Crippen LogP contribution in [0.15, 0.2) is 66.7 Å². The van der Waals surface area contributed by atoms with E-state index in [9.17, 15) is 30.1 Å². The van der Waals surface area contributed by atoms with Crippen molar-refractivity contribution in [3.05, 3.63) is 99.1 Å². The molecule has 9 heteroatoms. The molecule has 0 atom stereocenters. The summed E-state index contributed by atoms with van der Waals surface area (Å²) >= 11 is 0. The Morgan fingerprint density at radius 2 is 1.86 bits per heavy atom. The quantitative estimate of drug-likeness (QED) is 0.340. The van der Waals surface area contributed by atoms with Gasteiger partial charge in [-0.05, 0) is 42.2 Å². The van der Waals surface area contributed by atoms with E-state index in [0.717, 1.165) is 11.1 Å².